The number of halogens is 1. The molecule has 0 aliphatic carbocycles. The molecule has 26 heavy (non-hydrogen) atoms. The van der Waals surface area contributed by atoms with Crippen molar-refractivity contribution in [2.75, 3.05) is 18.0 Å². The molecule has 1 aliphatic heterocycles. The molecule has 1 saturated heterocycles. The maximum Gasteiger partial charge on any atom is 0.407 e. The molecule has 0 spiro atoms. The standard InChI is InChI=1S/C19H25FN4O2/c1-19(2,3)22-18(25)26-13-14-10-21-24(11-14)17-8-9-23(12-17)16-6-4-15(20)5-7-16/h4-7,10-11,17H,8-9,12-13H2,1-3H3,(H,22,25)/t17-/m0/s1. The fourth-order valence-electron chi connectivity index (χ4n) is 2.99. The normalized spacial score (nSPS) is 17.4. The van der Waals surface area contributed by atoms with E-state index in [0.717, 1.165) is 30.8 Å². The lowest BCUT2D eigenvalue weighted by atomic mass is 10.1. The Morgan fingerprint density at radius 1 is 1.35 bits per heavy atom. The lowest BCUT2D eigenvalue weighted by Crippen LogP contribution is -2.40. The topological polar surface area (TPSA) is 59.4 Å². The van der Waals surface area contributed by atoms with E-state index in [1.54, 1.807) is 18.3 Å². The lowest BCUT2D eigenvalue weighted by Gasteiger charge is -2.19. The van der Waals surface area contributed by atoms with Gasteiger partial charge in [-0.05, 0) is 51.5 Å². The number of amides is 1. The number of carbonyl (C=O) groups excluding carboxylic acids is 1. The van der Waals surface area contributed by atoms with E-state index in [0.29, 0.717) is 0 Å². The third kappa shape index (κ3) is 4.74. The summed E-state index contributed by atoms with van der Waals surface area (Å²) in [5.41, 5.74) is 1.55. The predicted molar refractivity (Wildman–Crippen MR) is 97.6 cm³/mol. The molecular formula is C19H25FN4O2. The zero-order valence-electron chi connectivity index (χ0n) is 15.4. The average Bonchev–Trinajstić information content (AvgIpc) is 3.21. The highest BCUT2D eigenvalue weighted by Crippen LogP contribution is 2.26. The van der Waals surface area contributed by atoms with Crippen LogP contribution in [-0.2, 0) is 11.3 Å². The van der Waals surface area contributed by atoms with Gasteiger partial charge in [0, 0.05) is 36.1 Å². The van der Waals surface area contributed by atoms with Crippen LogP contribution in [0.25, 0.3) is 0 Å². The van der Waals surface area contributed by atoms with E-state index < -0.39 is 6.09 Å². The van der Waals surface area contributed by atoms with Crippen LogP contribution in [0.3, 0.4) is 0 Å². The van der Waals surface area contributed by atoms with E-state index in [2.05, 4.69) is 15.3 Å². The number of benzene rings is 1. The van der Waals surface area contributed by atoms with Crippen LogP contribution in [0, 0.1) is 5.82 Å². The Labute approximate surface area is 152 Å². The quantitative estimate of drug-likeness (QED) is 0.907. The molecule has 0 bridgehead atoms. The summed E-state index contributed by atoms with van der Waals surface area (Å²) in [5.74, 6) is -0.225. The van der Waals surface area contributed by atoms with Gasteiger partial charge in [0.1, 0.15) is 12.4 Å². The van der Waals surface area contributed by atoms with Crippen molar-refractivity contribution in [2.45, 2.75) is 45.4 Å². The second kappa shape index (κ2) is 7.35. The highest BCUT2D eigenvalue weighted by molar-refractivity contribution is 5.68. The van der Waals surface area contributed by atoms with Crippen molar-refractivity contribution in [1.29, 1.82) is 0 Å². The molecule has 2 aromatic rings. The molecule has 3 rings (SSSR count). The SMILES string of the molecule is CC(C)(C)NC(=O)OCc1cnn([C@H]2CCN(c3ccc(F)cc3)C2)c1. The van der Waals surface area contributed by atoms with Crippen molar-refractivity contribution in [1.82, 2.24) is 15.1 Å². The Morgan fingerprint density at radius 3 is 2.77 bits per heavy atom. The zero-order valence-corrected chi connectivity index (χ0v) is 15.4. The molecule has 6 nitrogen and oxygen atoms in total. The van der Waals surface area contributed by atoms with E-state index in [1.807, 2.05) is 31.6 Å². The van der Waals surface area contributed by atoms with Crippen molar-refractivity contribution in [2.24, 2.45) is 0 Å². The number of rotatable bonds is 4. The number of anilines is 1. The average molecular weight is 360 g/mol. The third-order valence-corrected chi connectivity index (χ3v) is 4.23. The summed E-state index contributed by atoms with van der Waals surface area (Å²) < 4.78 is 20.2. The zero-order chi connectivity index (χ0) is 18.7. The van der Waals surface area contributed by atoms with E-state index in [4.69, 9.17) is 4.74 Å². The van der Waals surface area contributed by atoms with Crippen molar-refractivity contribution in [3.63, 3.8) is 0 Å². The van der Waals surface area contributed by atoms with Crippen LogP contribution in [0.15, 0.2) is 36.7 Å². The lowest BCUT2D eigenvalue weighted by molar-refractivity contribution is 0.131. The number of carbonyl (C=O) groups is 1. The van der Waals surface area contributed by atoms with Gasteiger partial charge in [-0.15, -0.1) is 0 Å². The smallest absolute Gasteiger partial charge is 0.407 e. The van der Waals surface area contributed by atoms with Crippen LogP contribution in [0.4, 0.5) is 14.9 Å². The van der Waals surface area contributed by atoms with Crippen LogP contribution in [0.1, 0.15) is 38.8 Å². The maximum atomic E-state index is 13.1. The molecule has 1 aromatic carbocycles. The highest BCUT2D eigenvalue weighted by Gasteiger charge is 2.25. The first kappa shape index (κ1) is 18.2. The summed E-state index contributed by atoms with van der Waals surface area (Å²) in [7, 11) is 0. The van der Waals surface area contributed by atoms with Crippen molar-refractivity contribution in [3.8, 4) is 0 Å². The van der Waals surface area contributed by atoms with Crippen LogP contribution < -0.4 is 10.2 Å². The maximum absolute atomic E-state index is 13.1. The summed E-state index contributed by atoms with van der Waals surface area (Å²) in [6.45, 7) is 7.61. The van der Waals surface area contributed by atoms with Gasteiger partial charge in [0.2, 0.25) is 0 Å². The minimum atomic E-state index is -0.436. The Morgan fingerprint density at radius 2 is 2.08 bits per heavy atom. The first-order valence-electron chi connectivity index (χ1n) is 8.79. The van der Waals surface area contributed by atoms with E-state index >= 15 is 0 Å². The van der Waals surface area contributed by atoms with Crippen LogP contribution in [0.2, 0.25) is 0 Å². The molecule has 1 fully saturated rings. The van der Waals surface area contributed by atoms with Gasteiger partial charge in [-0.3, -0.25) is 4.68 Å². The molecule has 0 unspecified atom stereocenters. The van der Waals surface area contributed by atoms with Crippen molar-refractivity contribution >= 4 is 11.8 Å². The first-order valence-corrected chi connectivity index (χ1v) is 8.79. The number of aromatic nitrogens is 2. The molecular weight excluding hydrogens is 335 g/mol. The van der Waals surface area contributed by atoms with Crippen molar-refractivity contribution in [3.05, 3.63) is 48.0 Å². The van der Waals surface area contributed by atoms with Gasteiger partial charge < -0.3 is 15.0 Å². The van der Waals surface area contributed by atoms with Gasteiger partial charge in [-0.1, -0.05) is 0 Å². The fraction of sp³-hybridized carbons (Fsp3) is 0.474. The number of hydrogen-bond donors (Lipinski definition) is 1. The van der Waals surface area contributed by atoms with E-state index in [-0.39, 0.29) is 24.0 Å². The fourth-order valence-corrected chi connectivity index (χ4v) is 2.99. The van der Waals surface area contributed by atoms with Gasteiger partial charge >= 0.3 is 6.09 Å². The van der Waals surface area contributed by atoms with Gasteiger partial charge in [0.15, 0.2) is 0 Å². The molecule has 0 radical (unpaired) electrons. The first-order chi connectivity index (χ1) is 12.3. The van der Waals surface area contributed by atoms with Gasteiger partial charge in [-0.2, -0.15) is 5.10 Å². The number of nitrogens with zero attached hydrogens (tertiary/aromatic N) is 3. The monoisotopic (exact) mass is 360 g/mol. The minimum Gasteiger partial charge on any atom is -0.445 e. The number of alkyl carbamates (subject to hydrolysis) is 1. The number of nitrogens with one attached hydrogen (secondary N) is 1. The van der Waals surface area contributed by atoms with Crippen LogP contribution >= 0.6 is 0 Å². The Hall–Kier alpha value is -2.57. The molecule has 1 N–H and O–H groups in total. The molecule has 1 amide bonds. The highest BCUT2D eigenvalue weighted by atomic mass is 19.1. The molecule has 140 valence electrons. The minimum absolute atomic E-state index is 0.191. The Bertz CT molecular complexity index is 752. The summed E-state index contributed by atoms with van der Waals surface area (Å²) >= 11 is 0. The molecule has 1 atom stereocenters. The molecule has 2 heterocycles. The number of hydrogen-bond acceptors (Lipinski definition) is 4. The molecule has 1 aliphatic rings. The predicted octanol–water partition coefficient (Wildman–Crippen LogP) is 3.50. The van der Waals surface area contributed by atoms with E-state index in [1.165, 1.54) is 12.1 Å². The number of ether oxygens (including phenoxy) is 1. The molecule has 7 heteroatoms. The Balaban J connectivity index is 1.53. The summed E-state index contributed by atoms with van der Waals surface area (Å²) in [4.78, 5) is 13.9. The van der Waals surface area contributed by atoms with Crippen LogP contribution in [0.5, 0.6) is 0 Å². The van der Waals surface area contributed by atoms with Gasteiger partial charge in [-0.25, -0.2) is 9.18 Å². The second-order valence-electron chi connectivity index (χ2n) is 7.64. The van der Waals surface area contributed by atoms with Gasteiger partial charge in [0.05, 0.1) is 12.2 Å². The van der Waals surface area contributed by atoms with Gasteiger partial charge in [0.25, 0.3) is 0 Å². The van der Waals surface area contributed by atoms with E-state index in [9.17, 15) is 9.18 Å². The summed E-state index contributed by atoms with van der Waals surface area (Å²) in [6, 6.07) is 6.81. The summed E-state index contributed by atoms with van der Waals surface area (Å²) in [6.07, 6.45) is 4.17. The molecule has 0 saturated carbocycles. The van der Waals surface area contributed by atoms with Crippen LogP contribution in [-0.4, -0.2) is 34.5 Å². The summed E-state index contributed by atoms with van der Waals surface area (Å²) in [5, 5.41) is 7.17. The van der Waals surface area contributed by atoms with Crippen molar-refractivity contribution < 1.29 is 13.9 Å². The Kier molecular flexibility index (Phi) is 5.15. The third-order valence-electron chi connectivity index (χ3n) is 4.23. The largest absolute Gasteiger partial charge is 0.445 e. The second-order valence-corrected chi connectivity index (χ2v) is 7.64. The molecule has 1 aromatic heterocycles.